The van der Waals surface area contributed by atoms with Crippen molar-refractivity contribution in [3.8, 4) is 0 Å². The molecule has 1 aliphatic rings. The topological polar surface area (TPSA) is 69.8 Å². The van der Waals surface area contributed by atoms with E-state index in [1.807, 2.05) is 12.1 Å². The third-order valence-corrected chi connectivity index (χ3v) is 5.25. The van der Waals surface area contributed by atoms with Gasteiger partial charge in [-0.3, -0.25) is 9.78 Å². The van der Waals surface area contributed by atoms with Gasteiger partial charge in [0.25, 0.3) is 0 Å². The first-order valence-electron chi connectivity index (χ1n) is 7.39. The molecular weight excluding hydrogens is 332 g/mol. The Kier molecular flexibility index (Phi) is 3.88. The predicted molar refractivity (Wildman–Crippen MR) is 96.4 cm³/mol. The molecule has 0 radical (unpaired) electrons. The highest BCUT2D eigenvalue weighted by molar-refractivity contribution is 7.99. The Morgan fingerprint density at radius 1 is 1.39 bits per heavy atom. The van der Waals surface area contributed by atoms with Crippen LogP contribution in [0.1, 0.15) is 0 Å². The molecule has 7 heteroatoms. The maximum Gasteiger partial charge on any atom is 0.242 e. The molecule has 3 aromatic rings. The first-order valence-corrected chi connectivity index (χ1v) is 8.92. The molecule has 2 aromatic heterocycles. The minimum Gasteiger partial charge on any atom is -0.352 e. The Labute approximate surface area is 142 Å². The van der Waals surface area contributed by atoms with E-state index >= 15 is 0 Å². The van der Waals surface area contributed by atoms with E-state index in [-0.39, 0.29) is 11.9 Å². The fourth-order valence-corrected chi connectivity index (χ4v) is 4.02. The molecule has 1 aromatic carbocycles. The number of carbonyl (C=O) groups is 1. The third kappa shape index (κ3) is 2.78. The molecule has 5 nitrogen and oxygen atoms in total. The molecule has 1 saturated heterocycles. The number of carbonyl (C=O) groups excluding carboxylic acids is 1. The number of benzene rings is 1. The SMILES string of the molecule is O=C(Nc1cc(Cl)cc2c1[nH]c1cnccc12)C1CSCCN1. The van der Waals surface area contributed by atoms with Gasteiger partial charge < -0.3 is 15.6 Å². The highest BCUT2D eigenvalue weighted by atomic mass is 35.5. The molecular formula is C16H15ClN4OS. The molecule has 1 atom stereocenters. The number of rotatable bonds is 2. The number of aromatic nitrogens is 2. The second-order valence-electron chi connectivity index (χ2n) is 5.49. The molecule has 118 valence electrons. The lowest BCUT2D eigenvalue weighted by atomic mass is 10.1. The quantitative estimate of drug-likeness (QED) is 0.667. The van der Waals surface area contributed by atoms with Gasteiger partial charge in [-0.25, -0.2) is 0 Å². The summed E-state index contributed by atoms with van der Waals surface area (Å²) in [6.45, 7) is 0.853. The number of H-pyrrole nitrogens is 1. The number of halogens is 1. The van der Waals surface area contributed by atoms with Crippen LogP contribution in [-0.2, 0) is 4.79 Å². The molecule has 1 fully saturated rings. The predicted octanol–water partition coefficient (Wildman–Crippen LogP) is 3.01. The highest BCUT2D eigenvalue weighted by Crippen LogP contribution is 2.33. The molecule has 4 rings (SSSR count). The smallest absolute Gasteiger partial charge is 0.242 e. The number of fused-ring (bicyclic) bond motifs is 3. The van der Waals surface area contributed by atoms with Crippen molar-refractivity contribution >= 4 is 56.8 Å². The summed E-state index contributed by atoms with van der Waals surface area (Å²) >= 11 is 8.04. The average molecular weight is 347 g/mol. The fourth-order valence-electron chi connectivity index (χ4n) is 2.87. The van der Waals surface area contributed by atoms with Crippen molar-refractivity contribution in [2.45, 2.75) is 6.04 Å². The van der Waals surface area contributed by atoms with Gasteiger partial charge in [0.2, 0.25) is 5.91 Å². The Hall–Kier alpha value is -1.76. The van der Waals surface area contributed by atoms with Crippen molar-refractivity contribution in [2.24, 2.45) is 0 Å². The molecule has 0 spiro atoms. The summed E-state index contributed by atoms with van der Waals surface area (Å²) in [7, 11) is 0. The average Bonchev–Trinajstić information content (AvgIpc) is 2.94. The number of hydrogen-bond acceptors (Lipinski definition) is 4. The summed E-state index contributed by atoms with van der Waals surface area (Å²) in [6, 6.07) is 5.45. The van der Waals surface area contributed by atoms with E-state index in [0.29, 0.717) is 10.7 Å². The molecule has 0 aliphatic carbocycles. The number of hydrogen-bond donors (Lipinski definition) is 3. The lowest BCUT2D eigenvalue weighted by molar-refractivity contribution is -0.117. The largest absolute Gasteiger partial charge is 0.352 e. The minimum atomic E-state index is -0.172. The molecule has 1 aliphatic heterocycles. The summed E-state index contributed by atoms with van der Waals surface area (Å²) in [5, 5.41) is 8.87. The van der Waals surface area contributed by atoms with Crippen LogP contribution in [0, 0.1) is 0 Å². The van der Waals surface area contributed by atoms with Crippen molar-refractivity contribution in [3.05, 3.63) is 35.6 Å². The highest BCUT2D eigenvalue weighted by Gasteiger charge is 2.22. The Bertz CT molecular complexity index is 888. The zero-order valence-corrected chi connectivity index (χ0v) is 13.8. The normalized spacial score (nSPS) is 18.4. The standard InChI is InChI=1S/C16H15ClN4OS/c17-9-5-11-10-1-2-18-7-13(10)20-15(11)12(6-9)21-16(22)14-8-23-4-3-19-14/h1-2,5-7,14,19-20H,3-4,8H2,(H,21,22). The van der Waals surface area contributed by atoms with Gasteiger partial charge in [0, 0.05) is 40.0 Å². The molecule has 23 heavy (non-hydrogen) atoms. The number of pyridine rings is 1. The number of nitrogens with zero attached hydrogens (tertiary/aromatic N) is 1. The molecule has 1 amide bonds. The van der Waals surface area contributed by atoms with Crippen molar-refractivity contribution in [3.63, 3.8) is 0 Å². The zero-order chi connectivity index (χ0) is 15.8. The monoisotopic (exact) mass is 346 g/mol. The van der Waals surface area contributed by atoms with Crippen LogP contribution in [0.2, 0.25) is 5.02 Å². The maximum absolute atomic E-state index is 12.5. The van der Waals surface area contributed by atoms with Gasteiger partial charge in [-0.2, -0.15) is 11.8 Å². The van der Waals surface area contributed by atoms with Crippen LogP contribution >= 0.6 is 23.4 Å². The van der Waals surface area contributed by atoms with E-state index < -0.39 is 0 Å². The molecule has 0 bridgehead atoms. The van der Waals surface area contributed by atoms with E-state index in [1.54, 1.807) is 30.2 Å². The molecule has 1 unspecified atom stereocenters. The van der Waals surface area contributed by atoms with E-state index in [9.17, 15) is 4.79 Å². The number of thioether (sulfide) groups is 1. The lowest BCUT2D eigenvalue weighted by Gasteiger charge is -2.22. The van der Waals surface area contributed by atoms with Crippen LogP contribution in [0.4, 0.5) is 5.69 Å². The van der Waals surface area contributed by atoms with Crippen molar-refractivity contribution in [1.82, 2.24) is 15.3 Å². The van der Waals surface area contributed by atoms with Crippen LogP contribution in [0.25, 0.3) is 21.8 Å². The van der Waals surface area contributed by atoms with E-state index in [4.69, 9.17) is 11.6 Å². The number of amides is 1. The summed E-state index contributed by atoms with van der Waals surface area (Å²) < 4.78 is 0. The van der Waals surface area contributed by atoms with Crippen LogP contribution in [-0.4, -0.2) is 40.0 Å². The van der Waals surface area contributed by atoms with Gasteiger partial charge in [0.05, 0.1) is 29.0 Å². The van der Waals surface area contributed by atoms with Crippen LogP contribution in [0.15, 0.2) is 30.6 Å². The fraction of sp³-hybridized carbons (Fsp3) is 0.250. The number of aromatic amines is 1. The second-order valence-corrected chi connectivity index (χ2v) is 7.08. The third-order valence-electron chi connectivity index (χ3n) is 3.97. The van der Waals surface area contributed by atoms with Crippen molar-refractivity contribution in [1.29, 1.82) is 0 Å². The summed E-state index contributed by atoms with van der Waals surface area (Å²) in [6.07, 6.45) is 3.52. The maximum atomic E-state index is 12.5. The molecule has 3 heterocycles. The summed E-state index contributed by atoms with van der Waals surface area (Å²) in [5.74, 6) is 1.80. The zero-order valence-electron chi connectivity index (χ0n) is 12.2. The van der Waals surface area contributed by atoms with Crippen LogP contribution < -0.4 is 10.6 Å². The van der Waals surface area contributed by atoms with Crippen LogP contribution in [0.3, 0.4) is 0 Å². The minimum absolute atomic E-state index is 0.0300. The summed E-state index contributed by atoms with van der Waals surface area (Å²) in [5.41, 5.74) is 2.49. The van der Waals surface area contributed by atoms with E-state index in [2.05, 4.69) is 20.6 Å². The molecule has 3 N–H and O–H groups in total. The van der Waals surface area contributed by atoms with Gasteiger partial charge in [-0.15, -0.1) is 0 Å². The van der Waals surface area contributed by atoms with Gasteiger partial charge >= 0.3 is 0 Å². The van der Waals surface area contributed by atoms with Gasteiger partial charge in [-0.1, -0.05) is 11.6 Å². The Morgan fingerprint density at radius 3 is 3.13 bits per heavy atom. The van der Waals surface area contributed by atoms with Gasteiger partial charge in [-0.05, 0) is 18.2 Å². The van der Waals surface area contributed by atoms with Crippen molar-refractivity contribution < 1.29 is 4.79 Å². The van der Waals surface area contributed by atoms with E-state index in [0.717, 1.165) is 39.9 Å². The number of nitrogens with one attached hydrogen (secondary N) is 3. The van der Waals surface area contributed by atoms with Crippen LogP contribution in [0.5, 0.6) is 0 Å². The second kappa shape index (κ2) is 6.03. The Morgan fingerprint density at radius 2 is 2.30 bits per heavy atom. The van der Waals surface area contributed by atoms with Gasteiger partial charge in [0.15, 0.2) is 0 Å². The number of anilines is 1. The first kappa shape index (κ1) is 14.8. The van der Waals surface area contributed by atoms with Crippen molar-refractivity contribution in [2.75, 3.05) is 23.4 Å². The summed E-state index contributed by atoms with van der Waals surface area (Å²) in [4.78, 5) is 19.9. The lowest BCUT2D eigenvalue weighted by Crippen LogP contribution is -2.46. The van der Waals surface area contributed by atoms with E-state index in [1.165, 1.54) is 0 Å². The van der Waals surface area contributed by atoms with Gasteiger partial charge in [0.1, 0.15) is 0 Å². The Balaban J connectivity index is 1.75. The first-order chi connectivity index (χ1) is 11.2. The molecule has 0 saturated carbocycles.